The zero-order valence-electron chi connectivity index (χ0n) is 9.41. The van der Waals surface area contributed by atoms with Crippen LogP contribution in [0.4, 0.5) is 4.79 Å². The van der Waals surface area contributed by atoms with Gasteiger partial charge in [0.15, 0.2) is 0 Å². The molecule has 3 nitrogen and oxygen atoms in total. The minimum absolute atomic E-state index is 0.106. The number of nitrogens with one attached hydrogen (secondary N) is 1. The summed E-state index contributed by atoms with van der Waals surface area (Å²) in [7, 11) is 0. The molecule has 15 heavy (non-hydrogen) atoms. The molecular weight excluding hydrogens is 190 g/mol. The first-order valence-corrected chi connectivity index (χ1v) is 5.07. The highest BCUT2D eigenvalue weighted by Crippen LogP contribution is 2.05. The predicted octanol–water partition coefficient (Wildman–Crippen LogP) is 2.63. The Balaban J connectivity index is 2.40. The molecule has 1 aromatic carbocycles. The fourth-order valence-electron chi connectivity index (χ4n) is 1.23. The SMILES string of the molecule is Cc1cccc(COC(=O)NC(C)C)c1. The minimum atomic E-state index is -0.369. The molecule has 1 amide bonds. The molecule has 0 aliphatic heterocycles. The molecular formula is C12H17NO2. The van der Waals surface area contributed by atoms with E-state index in [1.165, 1.54) is 5.56 Å². The van der Waals surface area contributed by atoms with E-state index in [1.807, 2.05) is 45.0 Å². The van der Waals surface area contributed by atoms with Crippen LogP contribution in [0.15, 0.2) is 24.3 Å². The molecule has 0 unspecified atom stereocenters. The van der Waals surface area contributed by atoms with E-state index in [0.717, 1.165) is 5.56 Å². The van der Waals surface area contributed by atoms with Crippen LogP contribution >= 0.6 is 0 Å². The number of rotatable bonds is 3. The van der Waals surface area contributed by atoms with E-state index in [9.17, 15) is 4.79 Å². The fraction of sp³-hybridized carbons (Fsp3) is 0.417. The molecule has 1 rings (SSSR count). The summed E-state index contributed by atoms with van der Waals surface area (Å²) in [5.41, 5.74) is 2.18. The molecule has 0 aliphatic carbocycles. The highest BCUT2D eigenvalue weighted by atomic mass is 16.5. The van der Waals surface area contributed by atoms with Crippen molar-refractivity contribution in [2.45, 2.75) is 33.4 Å². The molecule has 0 spiro atoms. The Morgan fingerprint density at radius 2 is 2.20 bits per heavy atom. The van der Waals surface area contributed by atoms with Gasteiger partial charge in [-0.1, -0.05) is 29.8 Å². The van der Waals surface area contributed by atoms with Crippen LogP contribution in [-0.4, -0.2) is 12.1 Å². The van der Waals surface area contributed by atoms with Gasteiger partial charge in [-0.3, -0.25) is 0 Å². The van der Waals surface area contributed by atoms with E-state index in [1.54, 1.807) is 0 Å². The third kappa shape index (κ3) is 4.49. The smallest absolute Gasteiger partial charge is 0.407 e. The average molecular weight is 207 g/mol. The van der Waals surface area contributed by atoms with Crippen molar-refractivity contribution in [1.29, 1.82) is 0 Å². The van der Waals surface area contributed by atoms with Crippen molar-refractivity contribution in [1.82, 2.24) is 5.32 Å². The van der Waals surface area contributed by atoms with Crippen LogP contribution in [0.1, 0.15) is 25.0 Å². The van der Waals surface area contributed by atoms with Gasteiger partial charge in [0.05, 0.1) is 0 Å². The molecule has 0 atom stereocenters. The summed E-state index contributed by atoms with van der Waals surface area (Å²) in [6.07, 6.45) is -0.369. The van der Waals surface area contributed by atoms with Crippen LogP contribution in [0.2, 0.25) is 0 Å². The number of hydrogen-bond acceptors (Lipinski definition) is 2. The first-order chi connectivity index (χ1) is 7.08. The second-order valence-electron chi connectivity index (χ2n) is 3.86. The third-order valence-corrected chi connectivity index (χ3v) is 1.86. The van der Waals surface area contributed by atoms with Gasteiger partial charge in [-0.05, 0) is 26.3 Å². The van der Waals surface area contributed by atoms with Crippen molar-refractivity contribution < 1.29 is 9.53 Å². The summed E-state index contributed by atoms with van der Waals surface area (Å²) in [5.74, 6) is 0. The fourth-order valence-corrected chi connectivity index (χ4v) is 1.23. The van der Waals surface area contributed by atoms with Crippen molar-refractivity contribution in [3.8, 4) is 0 Å². The Bertz CT molecular complexity index is 334. The van der Waals surface area contributed by atoms with Gasteiger partial charge in [0, 0.05) is 6.04 Å². The van der Waals surface area contributed by atoms with Crippen LogP contribution in [-0.2, 0) is 11.3 Å². The predicted molar refractivity (Wildman–Crippen MR) is 59.6 cm³/mol. The standard InChI is InChI=1S/C12H17NO2/c1-9(2)13-12(14)15-8-11-6-4-5-10(3)7-11/h4-7,9H,8H2,1-3H3,(H,13,14). The number of amides is 1. The molecule has 0 heterocycles. The highest BCUT2D eigenvalue weighted by Gasteiger charge is 2.03. The molecule has 0 aliphatic rings. The zero-order valence-corrected chi connectivity index (χ0v) is 9.41. The monoisotopic (exact) mass is 207 g/mol. The summed E-state index contributed by atoms with van der Waals surface area (Å²) in [4.78, 5) is 11.2. The summed E-state index contributed by atoms with van der Waals surface area (Å²) < 4.78 is 5.04. The zero-order chi connectivity index (χ0) is 11.3. The van der Waals surface area contributed by atoms with Crippen molar-refractivity contribution in [3.05, 3.63) is 35.4 Å². The maximum absolute atomic E-state index is 11.2. The van der Waals surface area contributed by atoms with Crippen molar-refractivity contribution in [3.63, 3.8) is 0 Å². The molecule has 0 saturated carbocycles. The Morgan fingerprint density at radius 3 is 2.80 bits per heavy atom. The Labute approximate surface area is 90.4 Å². The Morgan fingerprint density at radius 1 is 1.47 bits per heavy atom. The van der Waals surface area contributed by atoms with Crippen molar-refractivity contribution in [2.75, 3.05) is 0 Å². The maximum atomic E-state index is 11.2. The quantitative estimate of drug-likeness (QED) is 0.827. The number of hydrogen-bond donors (Lipinski definition) is 1. The van der Waals surface area contributed by atoms with Crippen LogP contribution in [0, 0.1) is 6.92 Å². The third-order valence-electron chi connectivity index (χ3n) is 1.86. The second kappa shape index (κ2) is 5.39. The molecule has 0 aromatic heterocycles. The topological polar surface area (TPSA) is 38.3 Å². The van der Waals surface area contributed by atoms with E-state index >= 15 is 0 Å². The Kier molecular flexibility index (Phi) is 4.16. The van der Waals surface area contributed by atoms with Gasteiger partial charge in [0.2, 0.25) is 0 Å². The lowest BCUT2D eigenvalue weighted by Gasteiger charge is -2.09. The summed E-state index contributed by atoms with van der Waals surface area (Å²) >= 11 is 0. The molecule has 0 saturated heterocycles. The lowest BCUT2D eigenvalue weighted by Crippen LogP contribution is -2.30. The van der Waals surface area contributed by atoms with Crippen LogP contribution < -0.4 is 5.32 Å². The molecule has 82 valence electrons. The van der Waals surface area contributed by atoms with Gasteiger partial charge < -0.3 is 10.1 Å². The first-order valence-electron chi connectivity index (χ1n) is 5.07. The number of carbonyl (C=O) groups is 1. The number of carbonyl (C=O) groups excluding carboxylic acids is 1. The Hall–Kier alpha value is -1.51. The maximum Gasteiger partial charge on any atom is 0.407 e. The number of benzene rings is 1. The molecule has 1 N–H and O–H groups in total. The summed E-state index contributed by atoms with van der Waals surface area (Å²) in [5, 5.41) is 2.67. The van der Waals surface area contributed by atoms with Gasteiger partial charge in [-0.15, -0.1) is 0 Å². The van der Waals surface area contributed by atoms with Gasteiger partial charge in [0.1, 0.15) is 6.61 Å². The van der Waals surface area contributed by atoms with Crippen molar-refractivity contribution in [2.24, 2.45) is 0 Å². The van der Waals surface area contributed by atoms with Gasteiger partial charge in [-0.2, -0.15) is 0 Å². The molecule has 0 fully saturated rings. The molecule has 0 radical (unpaired) electrons. The number of aryl methyl sites for hydroxylation is 1. The van der Waals surface area contributed by atoms with E-state index in [-0.39, 0.29) is 12.1 Å². The lowest BCUT2D eigenvalue weighted by atomic mass is 10.1. The van der Waals surface area contributed by atoms with Gasteiger partial charge in [-0.25, -0.2) is 4.79 Å². The largest absolute Gasteiger partial charge is 0.445 e. The van der Waals surface area contributed by atoms with E-state index in [0.29, 0.717) is 6.61 Å². The second-order valence-corrected chi connectivity index (χ2v) is 3.86. The van der Waals surface area contributed by atoms with Crippen LogP contribution in [0.3, 0.4) is 0 Å². The van der Waals surface area contributed by atoms with E-state index < -0.39 is 0 Å². The minimum Gasteiger partial charge on any atom is -0.445 e. The summed E-state index contributed by atoms with van der Waals surface area (Å²) in [6, 6.07) is 8.01. The molecule has 3 heteroatoms. The normalized spacial score (nSPS) is 10.1. The number of ether oxygens (including phenoxy) is 1. The first kappa shape index (κ1) is 11.6. The lowest BCUT2D eigenvalue weighted by molar-refractivity contribution is 0.137. The highest BCUT2D eigenvalue weighted by molar-refractivity contribution is 5.67. The molecule has 1 aromatic rings. The van der Waals surface area contributed by atoms with Crippen LogP contribution in [0.25, 0.3) is 0 Å². The van der Waals surface area contributed by atoms with E-state index in [2.05, 4.69) is 5.32 Å². The molecule has 0 bridgehead atoms. The van der Waals surface area contributed by atoms with Crippen LogP contribution in [0.5, 0.6) is 0 Å². The van der Waals surface area contributed by atoms with E-state index in [4.69, 9.17) is 4.74 Å². The summed E-state index contributed by atoms with van der Waals surface area (Å²) in [6.45, 7) is 6.12. The van der Waals surface area contributed by atoms with Gasteiger partial charge in [0.25, 0.3) is 0 Å². The van der Waals surface area contributed by atoms with Crippen molar-refractivity contribution >= 4 is 6.09 Å². The number of alkyl carbamates (subject to hydrolysis) is 1. The van der Waals surface area contributed by atoms with Gasteiger partial charge >= 0.3 is 6.09 Å². The average Bonchev–Trinajstić information content (AvgIpc) is 2.14.